The van der Waals surface area contributed by atoms with Gasteiger partial charge < -0.3 is 9.68 Å². The summed E-state index contributed by atoms with van der Waals surface area (Å²) in [7, 11) is -4.98. The minimum absolute atomic E-state index is 0.271. The van der Waals surface area contributed by atoms with Gasteiger partial charge in [0.1, 0.15) is 4.90 Å². The van der Waals surface area contributed by atoms with Gasteiger partial charge in [0.2, 0.25) is 0 Å². The van der Waals surface area contributed by atoms with Crippen LogP contribution in [0.15, 0.2) is 41.3 Å². The first-order chi connectivity index (χ1) is 11.3. The summed E-state index contributed by atoms with van der Waals surface area (Å²) in [6.45, 7) is 1.93. The van der Waals surface area contributed by atoms with Gasteiger partial charge in [0.15, 0.2) is 9.84 Å². The van der Waals surface area contributed by atoms with E-state index in [-0.39, 0.29) is 11.5 Å². The summed E-state index contributed by atoms with van der Waals surface area (Å²) < 4.78 is 30.3. The number of benzene rings is 2. The minimum atomic E-state index is -3.90. The van der Waals surface area contributed by atoms with Crippen molar-refractivity contribution in [3.63, 3.8) is 0 Å². The fourth-order valence-corrected chi connectivity index (χ4v) is 4.19. The van der Waals surface area contributed by atoms with Crippen molar-refractivity contribution in [3.8, 4) is 0 Å². The number of nitro benzene ring substituents is 1. The second-order valence-electron chi connectivity index (χ2n) is 5.68. The van der Waals surface area contributed by atoms with Crippen molar-refractivity contribution in [2.45, 2.75) is 24.2 Å². The molecule has 2 aromatic rings. The Hall–Kier alpha value is -2.23. The molecule has 124 valence electrons. The van der Waals surface area contributed by atoms with Crippen molar-refractivity contribution in [3.05, 3.63) is 63.2 Å². The van der Waals surface area contributed by atoms with Gasteiger partial charge in [-0.25, -0.2) is 8.42 Å². The normalized spacial score (nSPS) is 13.8. The van der Waals surface area contributed by atoms with Crippen LogP contribution in [-0.4, -0.2) is 25.5 Å². The number of nitro groups is 1. The van der Waals surface area contributed by atoms with E-state index in [9.17, 15) is 23.6 Å². The van der Waals surface area contributed by atoms with Gasteiger partial charge in [0.25, 0.3) is 5.69 Å². The highest BCUT2D eigenvalue weighted by Crippen LogP contribution is 2.28. The quantitative estimate of drug-likeness (QED) is 0.504. The van der Waals surface area contributed by atoms with Crippen LogP contribution in [-0.2, 0) is 26.9 Å². The molecule has 0 bridgehead atoms. The summed E-state index contributed by atoms with van der Waals surface area (Å²) in [6, 6.07) is 8.91. The van der Waals surface area contributed by atoms with Crippen molar-refractivity contribution in [2.24, 2.45) is 0 Å². The fraction of sp³-hybridized carbons (Fsp3) is 0.200. The summed E-state index contributed by atoms with van der Waals surface area (Å²) in [4.78, 5) is 10.2. The average molecular weight is 347 g/mol. The van der Waals surface area contributed by atoms with Gasteiger partial charge in [-0.15, -0.1) is 0 Å². The molecule has 0 unspecified atom stereocenters. The summed E-state index contributed by atoms with van der Waals surface area (Å²) in [5.74, 6) is -0.392. The third kappa shape index (κ3) is 3.05. The van der Waals surface area contributed by atoms with Crippen LogP contribution >= 0.6 is 0 Å². The van der Waals surface area contributed by atoms with E-state index in [1.54, 1.807) is 25.1 Å². The molecule has 2 aromatic carbocycles. The van der Waals surface area contributed by atoms with Gasteiger partial charge in [-0.3, -0.25) is 10.1 Å². The third-order valence-corrected chi connectivity index (χ3v) is 5.60. The Morgan fingerprint density at radius 3 is 2.75 bits per heavy atom. The lowest BCUT2D eigenvalue weighted by atomic mass is 9.79. The van der Waals surface area contributed by atoms with Gasteiger partial charge >= 0.3 is 7.12 Å². The van der Waals surface area contributed by atoms with Crippen molar-refractivity contribution >= 4 is 28.1 Å². The Balaban J connectivity index is 1.98. The van der Waals surface area contributed by atoms with Crippen molar-refractivity contribution in [1.29, 1.82) is 0 Å². The SMILES string of the molecule is Cc1ccc(S(=O)(=O)Cc2ccc3c(c2)B(O)OC3)c([N+](=O)[O-])c1. The largest absolute Gasteiger partial charge is 0.491 e. The smallest absolute Gasteiger partial charge is 0.423 e. The van der Waals surface area contributed by atoms with Crippen LogP contribution < -0.4 is 5.46 Å². The molecule has 9 heteroatoms. The number of nitrogens with zero attached hydrogens (tertiary/aromatic N) is 1. The first-order valence-corrected chi connectivity index (χ1v) is 8.82. The Labute approximate surface area is 139 Å². The molecule has 1 heterocycles. The fourth-order valence-electron chi connectivity index (χ4n) is 2.68. The van der Waals surface area contributed by atoms with Gasteiger partial charge in [-0.2, -0.15) is 0 Å². The molecule has 1 N–H and O–H groups in total. The van der Waals surface area contributed by atoms with Crippen molar-refractivity contribution in [1.82, 2.24) is 0 Å². The van der Waals surface area contributed by atoms with E-state index in [0.717, 1.165) is 5.56 Å². The Morgan fingerprint density at radius 1 is 1.29 bits per heavy atom. The summed E-state index contributed by atoms with van der Waals surface area (Å²) in [5.41, 5.74) is 1.94. The minimum Gasteiger partial charge on any atom is -0.423 e. The molecular weight excluding hydrogens is 333 g/mol. The van der Waals surface area contributed by atoms with Gasteiger partial charge in [-0.05, 0) is 35.1 Å². The van der Waals surface area contributed by atoms with E-state index in [4.69, 9.17) is 4.65 Å². The predicted molar refractivity (Wildman–Crippen MR) is 87.6 cm³/mol. The van der Waals surface area contributed by atoms with Gasteiger partial charge in [0.05, 0.1) is 17.3 Å². The number of hydrogen-bond donors (Lipinski definition) is 1. The van der Waals surface area contributed by atoms with Crippen LogP contribution in [0, 0.1) is 17.0 Å². The summed E-state index contributed by atoms with van der Waals surface area (Å²) >= 11 is 0. The molecule has 1 aliphatic rings. The molecule has 0 amide bonds. The molecule has 0 aliphatic carbocycles. The number of aryl methyl sites for hydroxylation is 1. The van der Waals surface area contributed by atoms with Crippen LogP contribution in [0.4, 0.5) is 5.69 Å². The number of sulfone groups is 1. The zero-order valence-electron chi connectivity index (χ0n) is 12.8. The first-order valence-electron chi connectivity index (χ1n) is 7.17. The van der Waals surface area contributed by atoms with E-state index in [2.05, 4.69) is 0 Å². The Bertz CT molecular complexity index is 928. The number of hydrogen-bond acceptors (Lipinski definition) is 6. The highest BCUT2D eigenvalue weighted by molar-refractivity contribution is 7.90. The van der Waals surface area contributed by atoms with Gasteiger partial charge in [0, 0.05) is 6.07 Å². The Kier molecular flexibility index (Phi) is 4.16. The molecule has 24 heavy (non-hydrogen) atoms. The molecular formula is C15H14BNO6S. The zero-order valence-corrected chi connectivity index (χ0v) is 13.6. The van der Waals surface area contributed by atoms with E-state index in [1.165, 1.54) is 18.2 Å². The Morgan fingerprint density at radius 2 is 2.04 bits per heavy atom. The molecule has 7 nitrogen and oxygen atoms in total. The topological polar surface area (TPSA) is 107 Å². The molecule has 0 atom stereocenters. The van der Waals surface area contributed by atoms with E-state index in [0.29, 0.717) is 16.6 Å². The summed E-state index contributed by atoms with van der Waals surface area (Å²) in [5, 5.41) is 20.9. The molecule has 0 fully saturated rings. The monoisotopic (exact) mass is 347 g/mol. The first kappa shape index (κ1) is 16.6. The number of rotatable bonds is 4. The van der Waals surface area contributed by atoms with E-state index >= 15 is 0 Å². The molecule has 3 rings (SSSR count). The predicted octanol–water partition coefficient (Wildman–Crippen LogP) is 1.09. The molecule has 1 aliphatic heterocycles. The molecule has 0 saturated carbocycles. The van der Waals surface area contributed by atoms with Crippen LogP contribution in [0.2, 0.25) is 0 Å². The maximum Gasteiger partial charge on any atom is 0.491 e. The van der Waals surface area contributed by atoms with Crippen LogP contribution in [0.5, 0.6) is 0 Å². The number of fused-ring (bicyclic) bond motifs is 1. The summed E-state index contributed by atoms with van der Waals surface area (Å²) in [6.07, 6.45) is 0. The van der Waals surface area contributed by atoms with Crippen LogP contribution in [0.25, 0.3) is 0 Å². The second-order valence-corrected chi connectivity index (χ2v) is 7.64. The lowest BCUT2D eigenvalue weighted by Gasteiger charge is -2.08. The molecule has 0 radical (unpaired) electrons. The maximum atomic E-state index is 12.6. The average Bonchev–Trinajstić information content (AvgIpc) is 2.87. The second kappa shape index (κ2) is 6.01. The van der Waals surface area contributed by atoms with E-state index in [1.807, 2.05) is 0 Å². The lowest BCUT2D eigenvalue weighted by Crippen LogP contribution is -2.28. The zero-order chi connectivity index (χ0) is 17.5. The third-order valence-electron chi connectivity index (χ3n) is 3.88. The van der Waals surface area contributed by atoms with Crippen molar-refractivity contribution < 1.29 is 23.0 Å². The van der Waals surface area contributed by atoms with Crippen LogP contribution in [0.3, 0.4) is 0 Å². The maximum absolute atomic E-state index is 12.6. The molecule has 0 aromatic heterocycles. The standard InChI is InChI=1S/C15H14BNO6S/c1-10-2-5-15(14(6-10)17(19)20)24(21,22)9-11-3-4-12-8-23-16(18)13(12)7-11/h2-7,18H,8-9H2,1H3. The molecule has 0 saturated heterocycles. The lowest BCUT2D eigenvalue weighted by molar-refractivity contribution is -0.387. The highest BCUT2D eigenvalue weighted by Gasteiger charge is 2.29. The highest BCUT2D eigenvalue weighted by atomic mass is 32.2. The van der Waals surface area contributed by atoms with Crippen LogP contribution in [0.1, 0.15) is 16.7 Å². The van der Waals surface area contributed by atoms with E-state index < -0.39 is 33.3 Å². The molecule has 0 spiro atoms. The van der Waals surface area contributed by atoms with Gasteiger partial charge in [-0.1, -0.05) is 24.3 Å². The van der Waals surface area contributed by atoms with Crippen molar-refractivity contribution in [2.75, 3.05) is 0 Å².